The van der Waals surface area contributed by atoms with Crippen LogP contribution in [0.2, 0.25) is 0 Å². The van der Waals surface area contributed by atoms with Gasteiger partial charge in [0.25, 0.3) is 0 Å². The number of aromatic nitrogens is 3. The van der Waals surface area contributed by atoms with Gasteiger partial charge in [-0.15, -0.1) is 0 Å². The molecule has 0 unspecified atom stereocenters. The zero-order chi connectivity index (χ0) is 12.5. The molecule has 0 aliphatic carbocycles. The number of hydrogen-bond acceptors (Lipinski definition) is 2. The highest BCUT2D eigenvalue weighted by molar-refractivity contribution is 5.94. The summed E-state index contributed by atoms with van der Waals surface area (Å²) in [5.41, 5.74) is 2.79. The van der Waals surface area contributed by atoms with E-state index >= 15 is 0 Å². The maximum Gasteiger partial charge on any atom is 0.323 e. The van der Waals surface area contributed by atoms with Crippen LogP contribution >= 0.6 is 0 Å². The number of fused-ring (bicyclic) bond motifs is 1. The lowest BCUT2D eigenvalue weighted by Gasteiger charge is -2.03. The van der Waals surface area contributed by atoms with Crippen molar-refractivity contribution in [1.82, 2.24) is 14.5 Å². The molecule has 2 heterocycles. The van der Waals surface area contributed by atoms with Crippen molar-refractivity contribution in [1.29, 1.82) is 0 Å². The van der Waals surface area contributed by atoms with Gasteiger partial charge in [0, 0.05) is 22.7 Å². The first-order valence-corrected chi connectivity index (χ1v) is 5.54. The van der Waals surface area contributed by atoms with Crippen LogP contribution < -0.4 is 0 Å². The van der Waals surface area contributed by atoms with Gasteiger partial charge in [0.05, 0.1) is 18.2 Å². The minimum Gasteiger partial charge on any atom is -0.480 e. The van der Waals surface area contributed by atoms with E-state index in [4.69, 9.17) is 5.11 Å². The smallest absolute Gasteiger partial charge is 0.323 e. The summed E-state index contributed by atoms with van der Waals surface area (Å²) >= 11 is 0. The van der Waals surface area contributed by atoms with Crippen molar-refractivity contribution in [3.8, 4) is 11.3 Å². The van der Waals surface area contributed by atoms with Gasteiger partial charge in [-0.1, -0.05) is 18.2 Å². The lowest BCUT2D eigenvalue weighted by atomic mass is 10.1. The van der Waals surface area contributed by atoms with Crippen molar-refractivity contribution in [3.05, 3.63) is 43.0 Å². The molecule has 0 aliphatic rings. The lowest BCUT2D eigenvalue weighted by Crippen LogP contribution is -2.08. The minimum absolute atomic E-state index is 0.0885. The first-order valence-electron chi connectivity index (χ1n) is 5.54. The molecule has 90 valence electrons. The number of para-hydroxylation sites is 1. The Balaban J connectivity index is 2.15. The number of H-pyrrole nitrogens is 1. The second-order valence-corrected chi connectivity index (χ2v) is 4.05. The summed E-state index contributed by atoms with van der Waals surface area (Å²) in [6.45, 7) is -0.0885. The molecule has 0 bridgehead atoms. The molecular formula is C13H11N3O2. The normalized spacial score (nSPS) is 10.9. The summed E-state index contributed by atoms with van der Waals surface area (Å²) in [4.78, 5) is 18.0. The third-order valence-corrected chi connectivity index (χ3v) is 2.88. The molecule has 3 aromatic rings. The minimum atomic E-state index is -0.880. The number of rotatable bonds is 3. The van der Waals surface area contributed by atoms with Gasteiger partial charge < -0.3 is 14.7 Å². The Hall–Kier alpha value is -2.56. The van der Waals surface area contributed by atoms with E-state index in [0.717, 1.165) is 22.2 Å². The predicted molar refractivity (Wildman–Crippen MR) is 67.2 cm³/mol. The highest BCUT2D eigenvalue weighted by Gasteiger charge is 2.11. The Labute approximate surface area is 103 Å². The fraction of sp³-hybridized carbons (Fsp3) is 0.0769. The second-order valence-electron chi connectivity index (χ2n) is 4.05. The molecule has 0 amide bonds. The molecule has 5 heteroatoms. The van der Waals surface area contributed by atoms with Crippen LogP contribution in [0.4, 0.5) is 0 Å². The number of carboxylic acid groups (broad SMARTS) is 1. The van der Waals surface area contributed by atoms with Crippen LogP contribution in [-0.2, 0) is 11.3 Å². The molecule has 2 N–H and O–H groups in total. The van der Waals surface area contributed by atoms with Gasteiger partial charge in [-0.05, 0) is 6.07 Å². The molecule has 0 saturated heterocycles. The van der Waals surface area contributed by atoms with E-state index in [1.54, 1.807) is 10.8 Å². The van der Waals surface area contributed by atoms with Crippen LogP contribution in [-0.4, -0.2) is 25.6 Å². The maximum atomic E-state index is 10.8. The molecular weight excluding hydrogens is 230 g/mol. The summed E-state index contributed by atoms with van der Waals surface area (Å²) in [6.07, 6.45) is 5.09. The number of benzene rings is 1. The lowest BCUT2D eigenvalue weighted by molar-refractivity contribution is -0.137. The number of hydrogen-bond donors (Lipinski definition) is 2. The molecule has 0 spiro atoms. The zero-order valence-corrected chi connectivity index (χ0v) is 9.50. The van der Waals surface area contributed by atoms with Crippen molar-refractivity contribution in [2.24, 2.45) is 0 Å². The van der Waals surface area contributed by atoms with Gasteiger partial charge in [-0.3, -0.25) is 4.79 Å². The molecule has 1 aromatic carbocycles. The van der Waals surface area contributed by atoms with E-state index in [9.17, 15) is 4.79 Å². The zero-order valence-electron chi connectivity index (χ0n) is 9.50. The average molecular weight is 241 g/mol. The van der Waals surface area contributed by atoms with Gasteiger partial charge in [-0.2, -0.15) is 0 Å². The van der Waals surface area contributed by atoms with Crippen molar-refractivity contribution in [3.63, 3.8) is 0 Å². The van der Waals surface area contributed by atoms with Crippen LogP contribution in [0.3, 0.4) is 0 Å². The van der Waals surface area contributed by atoms with Crippen molar-refractivity contribution >= 4 is 16.9 Å². The Morgan fingerprint density at radius 3 is 3.06 bits per heavy atom. The van der Waals surface area contributed by atoms with E-state index < -0.39 is 5.97 Å². The third kappa shape index (κ3) is 1.66. The number of nitrogens with one attached hydrogen (secondary N) is 1. The number of aromatic amines is 1. The Morgan fingerprint density at radius 2 is 2.22 bits per heavy atom. The van der Waals surface area contributed by atoms with Crippen LogP contribution in [0.25, 0.3) is 22.2 Å². The molecule has 18 heavy (non-hydrogen) atoms. The largest absolute Gasteiger partial charge is 0.480 e. The van der Waals surface area contributed by atoms with Crippen molar-refractivity contribution < 1.29 is 9.90 Å². The van der Waals surface area contributed by atoms with Crippen LogP contribution in [0.1, 0.15) is 0 Å². The number of carboxylic acids is 1. The second kappa shape index (κ2) is 4.03. The molecule has 0 fully saturated rings. The van der Waals surface area contributed by atoms with Crippen molar-refractivity contribution in [2.75, 3.05) is 0 Å². The molecule has 0 atom stereocenters. The van der Waals surface area contributed by atoms with E-state index in [0.29, 0.717) is 0 Å². The summed E-state index contributed by atoms with van der Waals surface area (Å²) < 4.78 is 1.62. The standard InChI is InChI=1S/C13H11N3O2/c17-13(18)7-16-8-14-6-12(16)10-5-15-11-4-2-1-3-9(10)11/h1-6,8,15H,7H2,(H,17,18). The first kappa shape index (κ1) is 10.6. The summed E-state index contributed by atoms with van der Waals surface area (Å²) in [7, 11) is 0. The topological polar surface area (TPSA) is 70.9 Å². The number of aliphatic carboxylic acids is 1. The maximum absolute atomic E-state index is 10.8. The van der Waals surface area contributed by atoms with Gasteiger partial charge in [-0.25, -0.2) is 4.98 Å². The fourth-order valence-electron chi connectivity index (χ4n) is 2.10. The average Bonchev–Trinajstić information content (AvgIpc) is 2.94. The van der Waals surface area contributed by atoms with Gasteiger partial charge in [0.2, 0.25) is 0 Å². The third-order valence-electron chi connectivity index (χ3n) is 2.88. The van der Waals surface area contributed by atoms with Gasteiger partial charge in [0.1, 0.15) is 6.54 Å². The van der Waals surface area contributed by atoms with E-state index in [1.807, 2.05) is 30.5 Å². The quantitative estimate of drug-likeness (QED) is 0.737. The van der Waals surface area contributed by atoms with E-state index in [-0.39, 0.29) is 6.54 Å². The summed E-state index contributed by atoms with van der Waals surface area (Å²) in [6, 6.07) is 7.89. The van der Waals surface area contributed by atoms with E-state index in [1.165, 1.54) is 6.33 Å². The molecule has 2 aromatic heterocycles. The van der Waals surface area contributed by atoms with Crippen molar-refractivity contribution in [2.45, 2.75) is 6.54 Å². The monoisotopic (exact) mass is 241 g/mol. The van der Waals surface area contributed by atoms with Gasteiger partial charge in [0.15, 0.2) is 0 Å². The molecule has 0 radical (unpaired) electrons. The van der Waals surface area contributed by atoms with E-state index in [2.05, 4.69) is 9.97 Å². The van der Waals surface area contributed by atoms with Crippen LogP contribution in [0.15, 0.2) is 43.0 Å². The number of nitrogens with zero attached hydrogens (tertiary/aromatic N) is 2. The fourth-order valence-corrected chi connectivity index (χ4v) is 2.10. The predicted octanol–water partition coefficient (Wildman–Crippen LogP) is 2.12. The Morgan fingerprint density at radius 1 is 1.39 bits per heavy atom. The molecule has 5 nitrogen and oxygen atoms in total. The number of imidazole rings is 1. The molecule has 0 saturated carbocycles. The Bertz CT molecular complexity index is 712. The summed E-state index contributed by atoms with van der Waals surface area (Å²) in [5, 5.41) is 9.92. The SMILES string of the molecule is O=C(O)Cn1cncc1-c1c[nH]c2ccccc12. The highest BCUT2D eigenvalue weighted by atomic mass is 16.4. The molecule has 0 aliphatic heterocycles. The number of carbonyl (C=O) groups is 1. The Kier molecular flexibility index (Phi) is 2.37. The summed E-state index contributed by atoms with van der Waals surface area (Å²) in [5.74, 6) is -0.880. The van der Waals surface area contributed by atoms with Crippen LogP contribution in [0, 0.1) is 0 Å². The van der Waals surface area contributed by atoms with Crippen LogP contribution in [0.5, 0.6) is 0 Å². The first-order chi connectivity index (χ1) is 8.75. The van der Waals surface area contributed by atoms with Gasteiger partial charge >= 0.3 is 5.97 Å². The molecule has 3 rings (SSSR count). The highest BCUT2D eigenvalue weighted by Crippen LogP contribution is 2.28.